The molecule has 1 aromatic carbocycles. The van der Waals surface area contributed by atoms with Crippen LogP contribution < -0.4 is 16.8 Å². The fourth-order valence-electron chi connectivity index (χ4n) is 2.32. The third kappa shape index (κ3) is 2.79. The fourth-order valence-corrected chi connectivity index (χ4v) is 2.32. The van der Waals surface area contributed by atoms with E-state index in [0.29, 0.717) is 5.69 Å². The summed E-state index contributed by atoms with van der Waals surface area (Å²) in [7, 11) is 0. The molecule has 1 amide bonds. The van der Waals surface area contributed by atoms with Crippen LogP contribution in [-0.4, -0.2) is 18.0 Å². The molecule has 2 rings (SSSR count). The van der Waals surface area contributed by atoms with Crippen molar-refractivity contribution in [2.45, 2.75) is 37.8 Å². The van der Waals surface area contributed by atoms with Crippen molar-refractivity contribution >= 4 is 11.6 Å². The molecule has 0 bridgehead atoms. The van der Waals surface area contributed by atoms with Crippen molar-refractivity contribution in [2.24, 2.45) is 11.5 Å². The summed E-state index contributed by atoms with van der Waals surface area (Å²) in [6.45, 7) is 0. The number of amides is 1. The molecule has 2 atom stereocenters. The van der Waals surface area contributed by atoms with Gasteiger partial charge >= 0.3 is 0 Å². The van der Waals surface area contributed by atoms with Crippen LogP contribution in [0.3, 0.4) is 0 Å². The number of nitrogens with two attached hydrogens (primary N) is 2. The lowest BCUT2D eigenvalue weighted by Gasteiger charge is -2.30. The molecule has 0 radical (unpaired) electrons. The molecule has 5 N–H and O–H groups in total. The minimum Gasteiger partial charge on any atom is -0.378 e. The van der Waals surface area contributed by atoms with Gasteiger partial charge in [0.05, 0.1) is 5.69 Å². The number of primary amides is 1. The smallest absolute Gasteiger partial charge is 0.248 e. The molecular weight excluding hydrogens is 233 g/mol. The summed E-state index contributed by atoms with van der Waals surface area (Å²) in [5, 5.41) is 3.11. The summed E-state index contributed by atoms with van der Waals surface area (Å²) < 4.78 is 13.8. The Hall–Kier alpha value is -1.62. The Kier molecular flexibility index (Phi) is 3.81. The Bertz CT molecular complexity index is 450. The van der Waals surface area contributed by atoms with E-state index in [2.05, 4.69) is 5.32 Å². The van der Waals surface area contributed by atoms with Crippen molar-refractivity contribution in [1.29, 1.82) is 0 Å². The zero-order valence-corrected chi connectivity index (χ0v) is 10.2. The number of halogens is 1. The Labute approximate surface area is 106 Å². The highest BCUT2D eigenvalue weighted by Crippen LogP contribution is 2.23. The van der Waals surface area contributed by atoms with E-state index < -0.39 is 11.7 Å². The van der Waals surface area contributed by atoms with Crippen molar-refractivity contribution in [1.82, 2.24) is 0 Å². The van der Waals surface area contributed by atoms with E-state index in [0.717, 1.165) is 31.7 Å². The fraction of sp³-hybridized carbons (Fsp3) is 0.462. The van der Waals surface area contributed by atoms with Gasteiger partial charge in [-0.05, 0) is 31.0 Å². The maximum Gasteiger partial charge on any atom is 0.248 e. The number of benzene rings is 1. The van der Waals surface area contributed by atoms with Crippen LogP contribution in [0.15, 0.2) is 18.2 Å². The second-order valence-electron chi connectivity index (χ2n) is 4.76. The van der Waals surface area contributed by atoms with Crippen molar-refractivity contribution in [3.63, 3.8) is 0 Å². The first-order valence-electron chi connectivity index (χ1n) is 6.19. The molecule has 1 aliphatic carbocycles. The van der Waals surface area contributed by atoms with Crippen LogP contribution in [0.2, 0.25) is 0 Å². The van der Waals surface area contributed by atoms with E-state index in [1.54, 1.807) is 0 Å². The molecular formula is C13H18FN3O. The Morgan fingerprint density at radius 1 is 1.33 bits per heavy atom. The number of rotatable bonds is 3. The number of hydrogen-bond donors (Lipinski definition) is 3. The maximum atomic E-state index is 13.8. The molecule has 0 saturated heterocycles. The Balaban J connectivity index is 2.11. The summed E-state index contributed by atoms with van der Waals surface area (Å²) in [6.07, 6.45) is 4.13. The van der Waals surface area contributed by atoms with E-state index in [1.165, 1.54) is 12.1 Å². The highest BCUT2D eigenvalue weighted by molar-refractivity contribution is 5.93. The number of anilines is 1. The topological polar surface area (TPSA) is 81.1 Å². The second kappa shape index (κ2) is 5.35. The molecule has 5 heteroatoms. The van der Waals surface area contributed by atoms with Crippen LogP contribution in [0.4, 0.5) is 10.1 Å². The van der Waals surface area contributed by atoms with Gasteiger partial charge in [-0.15, -0.1) is 0 Å². The van der Waals surface area contributed by atoms with Crippen molar-refractivity contribution in [3.05, 3.63) is 29.6 Å². The molecule has 0 aliphatic heterocycles. The third-order valence-electron chi connectivity index (χ3n) is 3.41. The van der Waals surface area contributed by atoms with E-state index in [4.69, 9.17) is 11.5 Å². The van der Waals surface area contributed by atoms with Gasteiger partial charge < -0.3 is 16.8 Å². The Morgan fingerprint density at radius 2 is 2.06 bits per heavy atom. The molecule has 1 fully saturated rings. The van der Waals surface area contributed by atoms with Crippen LogP contribution >= 0.6 is 0 Å². The number of nitrogens with one attached hydrogen (secondary N) is 1. The minimum absolute atomic E-state index is 0.0500. The molecule has 0 spiro atoms. The zero-order valence-electron chi connectivity index (χ0n) is 10.2. The van der Waals surface area contributed by atoms with Gasteiger partial charge in [0.1, 0.15) is 5.82 Å². The molecule has 18 heavy (non-hydrogen) atoms. The zero-order chi connectivity index (χ0) is 13.1. The van der Waals surface area contributed by atoms with Gasteiger partial charge in [0.25, 0.3) is 0 Å². The first-order chi connectivity index (χ1) is 8.58. The van der Waals surface area contributed by atoms with E-state index >= 15 is 0 Å². The van der Waals surface area contributed by atoms with Gasteiger partial charge in [0.2, 0.25) is 5.91 Å². The summed E-state index contributed by atoms with van der Waals surface area (Å²) >= 11 is 0. The SMILES string of the molecule is NC(=O)c1ccc(N[C@@H]2CCCC[C@H]2N)c(F)c1. The first kappa shape index (κ1) is 12.8. The second-order valence-corrected chi connectivity index (χ2v) is 4.76. The number of hydrogen-bond acceptors (Lipinski definition) is 3. The average Bonchev–Trinajstić information content (AvgIpc) is 2.34. The molecule has 4 nitrogen and oxygen atoms in total. The van der Waals surface area contributed by atoms with Crippen molar-refractivity contribution < 1.29 is 9.18 Å². The molecule has 0 unspecified atom stereocenters. The van der Waals surface area contributed by atoms with Gasteiger partial charge in [0, 0.05) is 17.6 Å². The average molecular weight is 251 g/mol. The predicted molar refractivity (Wildman–Crippen MR) is 68.8 cm³/mol. The Morgan fingerprint density at radius 3 is 2.67 bits per heavy atom. The standard InChI is InChI=1S/C13H18FN3O/c14-9-7-8(13(16)18)5-6-11(9)17-12-4-2-1-3-10(12)15/h5-7,10,12,17H,1-4,15H2,(H2,16,18)/t10-,12-/m1/s1. The van der Waals surface area contributed by atoms with Gasteiger partial charge in [-0.2, -0.15) is 0 Å². The number of carbonyl (C=O) groups is 1. The van der Waals surface area contributed by atoms with Crippen LogP contribution in [0.25, 0.3) is 0 Å². The largest absolute Gasteiger partial charge is 0.378 e. The van der Waals surface area contributed by atoms with Crippen molar-refractivity contribution in [2.75, 3.05) is 5.32 Å². The van der Waals surface area contributed by atoms with E-state index in [-0.39, 0.29) is 17.6 Å². The highest BCUT2D eigenvalue weighted by Gasteiger charge is 2.22. The summed E-state index contributed by atoms with van der Waals surface area (Å²) in [5.74, 6) is -1.10. The lowest BCUT2D eigenvalue weighted by molar-refractivity contribution is 0.1000. The van der Waals surface area contributed by atoms with Crippen LogP contribution in [0.1, 0.15) is 36.0 Å². The lowest BCUT2D eigenvalue weighted by atomic mass is 9.91. The predicted octanol–water partition coefficient (Wildman–Crippen LogP) is 1.61. The monoisotopic (exact) mass is 251 g/mol. The first-order valence-corrected chi connectivity index (χ1v) is 6.19. The van der Waals surface area contributed by atoms with Gasteiger partial charge in [0.15, 0.2) is 0 Å². The summed E-state index contributed by atoms with van der Waals surface area (Å²) in [4.78, 5) is 10.9. The summed E-state index contributed by atoms with van der Waals surface area (Å²) in [6, 6.07) is 4.35. The number of carbonyl (C=O) groups excluding carboxylic acids is 1. The van der Waals surface area contributed by atoms with Crippen LogP contribution in [0, 0.1) is 5.82 Å². The van der Waals surface area contributed by atoms with Gasteiger partial charge in [-0.25, -0.2) is 4.39 Å². The van der Waals surface area contributed by atoms with E-state index in [1.807, 2.05) is 0 Å². The maximum absolute atomic E-state index is 13.8. The van der Waals surface area contributed by atoms with Gasteiger partial charge in [-0.1, -0.05) is 12.8 Å². The minimum atomic E-state index is -0.630. The molecule has 0 heterocycles. The quantitative estimate of drug-likeness (QED) is 0.763. The molecule has 1 saturated carbocycles. The van der Waals surface area contributed by atoms with Crippen molar-refractivity contribution in [3.8, 4) is 0 Å². The van der Waals surface area contributed by atoms with Crippen LogP contribution in [-0.2, 0) is 0 Å². The molecule has 98 valence electrons. The molecule has 1 aliphatic rings. The van der Waals surface area contributed by atoms with Crippen LogP contribution in [0.5, 0.6) is 0 Å². The lowest BCUT2D eigenvalue weighted by Crippen LogP contribution is -2.42. The third-order valence-corrected chi connectivity index (χ3v) is 3.41. The summed E-state index contributed by atoms with van der Waals surface area (Å²) in [5.41, 5.74) is 11.6. The van der Waals surface area contributed by atoms with Gasteiger partial charge in [-0.3, -0.25) is 4.79 Å². The van der Waals surface area contributed by atoms with E-state index in [9.17, 15) is 9.18 Å². The normalized spacial score (nSPS) is 23.7. The molecule has 0 aromatic heterocycles. The molecule has 1 aromatic rings. The highest BCUT2D eigenvalue weighted by atomic mass is 19.1.